The fourth-order valence-corrected chi connectivity index (χ4v) is 1.86. The number of anilines is 1. The Morgan fingerprint density at radius 3 is 2.25 bits per heavy atom. The first kappa shape index (κ1) is 14.7. The van der Waals surface area contributed by atoms with Crippen LogP contribution >= 0.6 is 11.6 Å². The summed E-state index contributed by atoms with van der Waals surface area (Å²) < 4.78 is 5.66. The van der Waals surface area contributed by atoms with Crippen molar-refractivity contribution in [3.63, 3.8) is 0 Å². The van der Waals surface area contributed by atoms with Gasteiger partial charge < -0.3 is 10.1 Å². The lowest BCUT2D eigenvalue weighted by Crippen LogP contribution is -2.04. The zero-order valence-corrected chi connectivity index (χ0v) is 12.7. The Labute approximate surface area is 125 Å². The summed E-state index contributed by atoms with van der Waals surface area (Å²) in [6.07, 6.45) is 0. The maximum absolute atomic E-state index is 5.86. The molecule has 0 heterocycles. The Bertz CT molecular complexity index is 520. The van der Waals surface area contributed by atoms with Crippen molar-refractivity contribution < 1.29 is 4.74 Å². The van der Waals surface area contributed by atoms with Crippen LogP contribution in [-0.4, -0.2) is 6.61 Å². The molecule has 0 aliphatic rings. The lowest BCUT2D eigenvalue weighted by atomic mass is 10.2. The van der Waals surface area contributed by atoms with Gasteiger partial charge >= 0.3 is 0 Å². The average molecular weight is 290 g/mol. The molecule has 0 spiro atoms. The fourth-order valence-electron chi connectivity index (χ4n) is 1.74. The Hall–Kier alpha value is -1.67. The minimum Gasteiger partial charge on any atom is -0.493 e. The van der Waals surface area contributed by atoms with Crippen LogP contribution in [-0.2, 0) is 6.54 Å². The summed E-state index contributed by atoms with van der Waals surface area (Å²) in [5.41, 5.74) is 2.28. The molecule has 0 fully saturated rings. The molecule has 0 radical (unpaired) electrons. The fraction of sp³-hybridized carbons (Fsp3) is 0.294. The van der Waals surface area contributed by atoms with E-state index in [2.05, 4.69) is 19.2 Å². The predicted molar refractivity (Wildman–Crippen MR) is 85.6 cm³/mol. The average Bonchev–Trinajstić information content (AvgIpc) is 2.45. The van der Waals surface area contributed by atoms with Gasteiger partial charge in [-0.25, -0.2) is 0 Å². The molecule has 3 heteroatoms. The van der Waals surface area contributed by atoms with Crippen molar-refractivity contribution in [2.24, 2.45) is 5.92 Å². The molecular weight excluding hydrogens is 270 g/mol. The van der Waals surface area contributed by atoms with Gasteiger partial charge in [-0.3, -0.25) is 0 Å². The highest BCUT2D eigenvalue weighted by molar-refractivity contribution is 6.30. The van der Waals surface area contributed by atoms with Gasteiger partial charge in [0.1, 0.15) is 5.75 Å². The second-order valence-corrected chi connectivity index (χ2v) is 5.65. The third kappa shape index (κ3) is 4.78. The molecule has 20 heavy (non-hydrogen) atoms. The molecule has 0 bridgehead atoms. The predicted octanol–water partition coefficient (Wildman–Crippen LogP) is 4.99. The molecule has 106 valence electrons. The topological polar surface area (TPSA) is 21.3 Å². The highest BCUT2D eigenvalue weighted by Crippen LogP contribution is 2.17. The van der Waals surface area contributed by atoms with Crippen molar-refractivity contribution in [2.75, 3.05) is 11.9 Å². The monoisotopic (exact) mass is 289 g/mol. The molecule has 0 aliphatic carbocycles. The van der Waals surface area contributed by atoms with Crippen molar-refractivity contribution in [2.45, 2.75) is 20.4 Å². The van der Waals surface area contributed by atoms with E-state index in [0.717, 1.165) is 29.6 Å². The first-order valence-corrected chi connectivity index (χ1v) is 7.22. The molecule has 2 aromatic carbocycles. The van der Waals surface area contributed by atoms with E-state index in [1.807, 2.05) is 48.5 Å². The standard InChI is InChI=1S/C17H20ClNO/c1-13(2)12-20-17-9-7-16(8-10-17)19-11-14-3-5-15(18)6-4-14/h3-10,13,19H,11-12H2,1-2H3. The van der Waals surface area contributed by atoms with Crippen LogP contribution in [0.2, 0.25) is 5.02 Å². The van der Waals surface area contributed by atoms with E-state index in [0.29, 0.717) is 5.92 Å². The molecule has 2 aromatic rings. The number of rotatable bonds is 6. The summed E-state index contributed by atoms with van der Waals surface area (Å²) in [5.74, 6) is 1.45. The molecule has 2 nitrogen and oxygen atoms in total. The Kier molecular flexibility index (Phi) is 5.31. The van der Waals surface area contributed by atoms with Gasteiger partial charge in [0.05, 0.1) is 6.61 Å². The largest absolute Gasteiger partial charge is 0.493 e. The van der Waals surface area contributed by atoms with E-state index in [1.165, 1.54) is 5.56 Å². The van der Waals surface area contributed by atoms with Gasteiger partial charge in [0, 0.05) is 17.3 Å². The Morgan fingerprint density at radius 2 is 1.65 bits per heavy atom. The van der Waals surface area contributed by atoms with Crippen LogP contribution in [0.4, 0.5) is 5.69 Å². The molecule has 0 amide bonds. The molecule has 0 aliphatic heterocycles. The van der Waals surface area contributed by atoms with Crippen LogP contribution in [0.1, 0.15) is 19.4 Å². The summed E-state index contributed by atoms with van der Waals surface area (Å²) >= 11 is 5.86. The molecule has 0 saturated heterocycles. The van der Waals surface area contributed by atoms with E-state index < -0.39 is 0 Å². The van der Waals surface area contributed by atoms with Gasteiger partial charge in [0.2, 0.25) is 0 Å². The number of benzene rings is 2. The Morgan fingerprint density at radius 1 is 1.00 bits per heavy atom. The smallest absolute Gasteiger partial charge is 0.119 e. The molecule has 0 saturated carbocycles. The number of hydrogen-bond donors (Lipinski definition) is 1. The molecule has 1 N–H and O–H groups in total. The highest BCUT2D eigenvalue weighted by atomic mass is 35.5. The molecule has 0 unspecified atom stereocenters. The number of nitrogens with one attached hydrogen (secondary N) is 1. The minimum absolute atomic E-state index is 0.540. The summed E-state index contributed by atoms with van der Waals surface area (Å²) in [4.78, 5) is 0. The Balaban J connectivity index is 1.85. The molecular formula is C17H20ClNO. The van der Waals surface area contributed by atoms with Crippen molar-refractivity contribution >= 4 is 17.3 Å². The second kappa shape index (κ2) is 7.20. The van der Waals surface area contributed by atoms with E-state index >= 15 is 0 Å². The summed E-state index contributed by atoms with van der Waals surface area (Å²) in [5, 5.41) is 4.14. The number of hydrogen-bond acceptors (Lipinski definition) is 2. The van der Waals surface area contributed by atoms with Crippen molar-refractivity contribution in [3.05, 3.63) is 59.1 Å². The second-order valence-electron chi connectivity index (χ2n) is 5.21. The third-order valence-corrected chi connectivity index (χ3v) is 3.10. The van der Waals surface area contributed by atoms with Crippen LogP contribution in [0.3, 0.4) is 0 Å². The van der Waals surface area contributed by atoms with Crippen molar-refractivity contribution in [3.8, 4) is 5.75 Å². The molecule has 0 aromatic heterocycles. The van der Waals surface area contributed by atoms with E-state index in [1.54, 1.807) is 0 Å². The van der Waals surface area contributed by atoms with Crippen molar-refractivity contribution in [1.29, 1.82) is 0 Å². The highest BCUT2D eigenvalue weighted by Gasteiger charge is 1.98. The van der Waals surface area contributed by atoms with Gasteiger partial charge in [-0.05, 0) is 47.9 Å². The maximum atomic E-state index is 5.86. The van der Waals surface area contributed by atoms with Gasteiger partial charge in [-0.2, -0.15) is 0 Å². The zero-order valence-electron chi connectivity index (χ0n) is 11.9. The van der Waals surface area contributed by atoms with Gasteiger partial charge in [0.15, 0.2) is 0 Å². The van der Waals surface area contributed by atoms with E-state index in [9.17, 15) is 0 Å². The van der Waals surface area contributed by atoms with Crippen LogP contribution in [0, 0.1) is 5.92 Å². The SMILES string of the molecule is CC(C)COc1ccc(NCc2ccc(Cl)cc2)cc1. The van der Waals surface area contributed by atoms with Crippen LogP contribution in [0.25, 0.3) is 0 Å². The van der Waals surface area contributed by atoms with Crippen LogP contribution in [0.5, 0.6) is 5.75 Å². The third-order valence-electron chi connectivity index (χ3n) is 2.85. The quantitative estimate of drug-likeness (QED) is 0.809. The summed E-state index contributed by atoms with van der Waals surface area (Å²) in [7, 11) is 0. The van der Waals surface area contributed by atoms with Crippen LogP contribution < -0.4 is 10.1 Å². The summed E-state index contributed by atoms with van der Waals surface area (Å²) in [6, 6.07) is 15.9. The van der Waals surface area contributed by atoms with Crippen molar-refractivity contribution in [1.82, 2.24) is 0 Å². The number of ether oxygens (including phenoxy) is 1. The first-order valence-electron chi connectivity index (χ1n) is 6.84. The van der Waals surface area contributed by atoms with Gasteiger partial charge in [-0.1, -0.05) is 37.6 Å². The van der Waals surface area contributed by atoms with E-state index in [4.69, 9.17) is 16.3 Å². The zero-order chi connectivity index (χ0) is 14.4. The lowest BCUT2D eigenvalue weighted by Gasteiger charge is -2.10. The van der Waals surface area contributed by atoms with E-state index in [-0.39, 0.29) is 0 Å². The van der Waals surface area contributed by atoms with Gasteiger partial charge in [-0.15, -0.1) is 0 Å². The molecule has 2 rings (SSSR count). The first-order chi connectivity index (χ1) is 9.63. The van der Waals surface area contributed by atoms with Crippen LogP contribution in [0.15, 0.2) is 48.5 Å². The summed E-state index contributed by atoms with van der Waals surface area (Å²) in [6.45, 7) is 5.81. The minimum atomic E-state index is 0.540. The molecule has 0 atom stereocenters. The number of halogens is 1. The maximum Gasteiger partial charge on any atom is 0.119 e. The normalized spacial score (nSPS) is 10.6. The van der Waals surface area contributed by atoms with Gasteiger partial charge in [0.25, 0.3) is 0 Å². The lowest BCUT2D eigenvalue weighted by molar-refractivity contribution is 0.271.